The number of carbonyl (C=O) groups is 3. The molecule has 1 amide bonds. The first kappa shape index (κ1) is 31.4. The van der Waals surface area contributed by atoms with Gasteiger partial charge in [0.05, 0.1) is 0 Å². The van der Waals surface area contributed by atoms with Gasteiger partial charge in [-0.2, -0.15) is 0 Å². The molecular formula is C17H33K2NO5. The molecule has 0 aromatic heterocycles. The summed E-state index contributed by atoms with van der Waals surface area (Å²) < 4.78 is 0. The van der Waals surface area contributed by atoms with Crippen LogP contribution in [0.25, 0.3) is 0 Å². The van der Waals surface area contributed by atoms with E-state index in [4.69, 9.17) is 10.2 Å². The Morgan fingerprint density at radius 2 is 1.32 bits per heavy atom. The van der Waals surface area contributed by atoms with Crippen molar-refractivity contribution in [3.05, 3.63) is 0 Å². The quantitative estimate of drug-likeness (QED) is 0.206. The first-order valence-electron chi connectivity index (χ1n) is 8.71. The van der Waals surface area contributed by atoms with Crippen LogP contribution in [0.1, 0.15) is 86.8 Å². The summed E-state index contributed by atoms with van der Waals surface area (Å²) in [5.74, 6) is -2.57. The molecule has 0 saturated carbocycles. The Balaban J connectivity index is -0.000000403. The molecule has 0 heterocycles. The molecule has 0 saturated heterocycles. The van der Waals surface area contributed by atoms with Gasteiger partial charge in [-0.3, -0.25) is 9.59 Å². The summed E-state index contributed by atoms with van der Waals surface area (Å²) in [6.07, 6.45) is 10.3. The van der Waals surface area contributed by atoms with Gasteiger partial charge < -0.3 is 18.4 Å². The summed E-state index contributed by atoms with van der Waals surface area (Å²) >= 11 is 0. The molecule has 138 valence electrons. The molecule has 0 aromatic rings. The Morgan fingerprint density at radius 3 is 1.76 bits per heavy atom. The van der Waals surface area contributed by atoms with E-state index in [1.807, 2.05) is 0 Å². The number of amides is 1. The number of carboxylic acid groups (broad SMARTS) is 2. The van der Waals surface area contributed by atoms with Crippen molar-refractivity contribution in [2.24, 2.45) is 0 Å². The third-order valence-corrected chi connectivity index (χ3v) is 3.79. The monoisotopic (exact) mass is 409 g/mol. The van der Waals surface area contributed by atoms with Gasteiger partial charge in [0.25, 0.3) is 0 Å². The van der Waals surface area contributed by atoms with Crippen LogP contribution in [0, 0.1) is 0 Å². The molecule has 0 unspecified atom stereocenters. The van der Waals surface area contributed by atoms with E-state index in [0.717, 1.165) is 19.3 Å². The van der Waals surface area contributed by atoms with Crippen molar-refractivity contribution in [2.75, 3.05) is 0 Å². The summed E-state index contributed by atoms with van der Waals surface area (Å²) in [4.78, 5) is 33.1. The zero-order chi connectivity index (χ0) is 17.5. The number of rotatable bonds is 15. The molecule has 0 spiro atoms. The van der Waals surface area contributed by atoms with Gasteiger partial charge in [0.15, 0.2) is 0 Å². The van der Waals surface area contributed by atoms with Gasteiger partial charge in [-0.15, -0.1) is 0 Å². The first-order chi connectivity index (χ1) is 11.0. The normalized spacial score (nSPS) is 10.9. The molecule has 25 heavy (non-hydrogen) atoms. The molecule has 0 aliphatic rings. The van der Waals surface area contributed by atoms with E-state index < -0.39 is 18.0 Å². The van der Waals surface area contributed by atoms with Crippen LogP contribution >= 0.6 is 0 Å². The van der Waals surface area contributed by atoms with Gasteiger partial charge in [-0.25, -0.2) is 4.79 Å². The fourth-order valence-corrected chi connectivity index (χ4v) is 2.39. The Kier molecular flexibility index (Phi) is 27.6. The van der Waals surface area contributed by atoms with E-state index in [0.29, 0.717) is 6.42 Å². The van der Waals surface area contributed by atoms with Crippen LogP contribution in [0.4, 0.5) is 0 Å². The smallest absolute Gasteiger partial charge is 1.00 e. The van der Waals surface area contributed by atoms with Crippen molar-refractivity contribution in [2.45, 2.75) is 90.0 Å². The van der Waals surface area contributed by atoms with Gasteiger partial charge in [0.1, 0.15) is 6.04 Å². The van der Waals surface area contributed by atoms with Crippen LogP contribution in [0.2, 0.25) is 0 Å². The second-order valence-corrected chi connectivity index (χ2v) is 5.97. The molecule has 0 rings (SSSR count). The summed E-state index contributed by atoms with van der Waals surface area (Å²) in [6, 6.07) is -1.11. The van der Waals surface area contributed by atoms with Crippen LogP contribution in [0.3, 0.4) is 0 Å². The summed E-state index contributed by atoms with van der Waals surface area (Å²) in [7, 11) is 0. The zero-order valence-electron chi connectivity index (χ0n) is 18.2. The minimum atomic E-state index is -1.19. The SMILES string of the molecule is CCCCCCCCCCCC(=O)N[C@@H](CCC(=O)O)C(=O)O.[H-].[H-].[K+].[K+]. The first-order valence-corrected chi connectivity index (χ1v) is 8.71. The van der Waals surface area contributed by atoms with E-state index in [1.54, 1.807) is 0 Å². The molecular weight excluding hydrogens is 376 g/mol. The molecule has 0 bridgehead atoms. The van der Waals surface area contributed by atoms with Crippen LogP contribution in [-0.4, -0.2) is 34.1 Å². The average Bonchev–Trinajstić information content (AvgIpc) is 2.49. The zero-order valence-corrected chi connectivity index (χ0v) is 22.4. The van der Waals surface area contributed by atoms with E-state index in [-0.39, 0.29) is 124 Å². The molecule has 0 fully saturated rings. The maximum absolute atomic E-state index is 11.7. The third kappa shape index (κ3) is 21.8. The maximum Gasteiger partial charge on any atom is 1.00 e. The van der Waals surface area contributed by atoms with Gasteiger partial charge in [0, 0.05) is 12.8 Å². The number of unbranched alkanes of at least 4 members (excludes halogenated alkanes) is 8. The van der Waals surface area contributed by atoms with Crippen molar-refractivity contribution < 1.29 is 130 Å². The molecule has 6 nitrogen and oxygen atoms in total. The van der Waals surface area contributed by atoms with Crippen LogP contribution in [-0.2, 0) is 14.4 Å². The van der Waals surface area contributed by atoms with Crippen molar-refractivity contribution in [3.8, 4) is 0 Å². The number of carboxylic acids is 2. The second kappa shape index (κ2) is 22.0. The van der Waals surface area contributed by atoms with Crippen LogP contribution < -0.4 is 108 Å². The van der Waals surface area contributed by atoms with Gasteiger partial charge >= 0.3 is 115 Å². The molecule has 0 aliphatic carbocycles. The minimum absolute atomic E-state index is 0. The molecule has 8 heteroatoms. The van der Waals surface area contributed by atoms with E-state index in [1.165, 1.54) is 38.5 Å². The van der Waals surface area contributed by atoms with Crippen molar-refractivity contribution in [1.82, 2.24) is 5.32 Å². The minimum Gasteiger partial charge on any atom is -1.00 e. The summed E-state index contributed by atoms with van der Waals surface area (Å²) in [5, 5.41) is 19.9. The van der Waals surface area contributed by atoms with Gasteiger partial charge in [-0.05, 0) is 12.8 Å². The van der Waals surface area contributed by atoms with E-state index >= 15 is 0 Å². The Bertz CT molecular complexity index is 377. The largest absolute Gasteiger partial charge is 1.00 e. The van der Waals surface area contributed by atoms with Crippen molar-refractivity contribution >= 4 is 17.8 Å². The average molecular weight is 410 g/mol. The number of hydrogen-bond donors (Lipinski definition) is 3. The Labute approximate surface area is 239 Å². The topological polar surface area (TPSA) is 104 Å². The fourth-order valence-electron chi connectivity index (χ4n) is 2.39. The Morgan fingerprint density at radius 1 is 0.840 bits per heavy atom. The van der Waals surface area contributed by atoms with Crippen molar-refractivity contribution in [1.29, 1.82) is 0 Å². The molecule has 1 atom stereocenters. The van der Waals surface area contributed by atoms with E-state index in [2.05, 4.69) is 12.2 Å². The number of hydrogen-bond acceptors (Lipinski definition) is 3. The number of carbonyl (C=O) groups excluding carboxylic acids is 1. The number of aliphatic carboxylic acids is 2. The summed E-state index contributed by atoms with van der Waals surface area (Å²) in [6.45, 7) is 2.20. The molecule has 0 aromatic carbocycles. The van der Waals surface area contributed by atoms with Crippen molar-refractivity contribution in [3.63, 3.8) is 0 Å². The predicted octanol–water partition coefficient (Wildman–Crippen LogP) is -2.43. The number of nitrogens with one attached hydrogen (secondary N) is 1. The molecule has 3 N–H and O–H groups in total. The standard InChI is InChI=1S/C17H31NO5.2K.2H/c1-2-3-4-5-6-7-8-9-10-11-15(19)18-14(17(22)23)12-13-16(20)21;;;;/h14H,2-13H2,1H3,(H,18,19)(H,20,21)(H,22,23);;;;/q;2*+1;2*-1/t14-;;;;/m0..../s1. The van der Waals surface area contributed by atoms with Crippen LogP contribution in [0.5, 0.6) is 0 Å². The molecule has 0 radical (unpaired) electrons. The van der Waals surface area contributed by atoms with Gasteiger partial charge in [-0.1, -0.05) is 58.3 Å². The predicted molar refractivity (Wildman–Crippen MR) is 90.5 cm³/mol. The maximum atomic E-state index is 11.7. The second-order valence-electron chi connectivity index (χ2n) is 5.97. The van der Waals surface area contributed by atoms with Crippen LogP contribution in [0.15, 0.2) is 0 Å². The van der Waals surface area contributed by atoms with Gasteiger partial charge in [0.2, 0.25) is 5.91 Å². The Hall–Kier alpha value is 1.68. The van der Waals surface area contributed by atoms with E-state index in [9.17, 15) is 14.4 Å². The molecule has 0 aliphatic heterocycles. The fraction of sp³-hybridized carbons (Fsp3) is 0.824. The third-order valence-electron chi connectivity index (χ3n) is 3.79. The summed E-state index contributed by atoms with van der Waals surface area (Å²) in [5.41, 5.74) is 0.